The molecule has 1 unspecified atom stereocenters. The molecule has 0 aliphatic carbocycles. The fourth-order valence-corrected chi connectivity index (χ4v) is 4.04. The number of nitrogens with zero attached hydrogens (tertiary/aromatic N) is 3. The van der Waals surface area contributed by atoms with Crippen molar-refractivity contribution in [3.63, 3.8) is 0 Å². The molecular formula is C23H33N5O2. The van der Waals surface area contributed by atoms with Gasteiger partial charge in [0.2, 0.25) is 0 Å². The minimum atomic E-state index is 0.244. The smallest absolute Gasteiger partial charge is 0.191 e. The summed E-state index contributed by atoms with van der Waals surface area (Å²) in [4.78, 5) is 11.7. The monoisotopic (exact) mass is 411 g/mol. The minimum Gasteiger partial charge on any atom is -0.469 e. The summed E-state index contributed by atoms with van der Waals surface area (Å²) in [6.07, 6.45) is 10.3. The largest absolute Gasteiger partial charge is 0.469 e. The summed E-state index contributed by atoms with van der Waals surface area (Å²) in [6.45, 7) is 4.36. The summed E-state index contributed by atoms with van der Waals surface area (Å²) in [5, 5.41) is 7.14. The van der Waals surface area contributed by atoms with Crippen LogP contribution in [0.3, 0.4) is 0 Å². The van der Waals surface area contributed by atoms with Gasteiger partial charge in [0.15, 0.2) is 5.96 Å². The summed E-state index contributed by atoms with van der Waals surface area (Å²) >= 11 is 0. The molecule has 0 radical (unpaired) electrons. The average Bonchev–Trinajstić information content (AvgIpc) is 3.33. The highest BCUT2D eigenvalue weighted by Gasteiger charge is 2.21. The summed E-state index contributed by atoms with van der Waals surface area (Å²) in [7, 11) is 0. The number of furan rings is 1. The molecule has 2 aliphatic rings. The standard InChI is InChI=1S/C23H33N5O2/c1-3-12-24-22(8-1)28-14-10-19(11-15-28)27-23(25-13-9-20-7-5-17-29-20)26-18-21-6-2-4-16-30-21/h1,3,5,7-8,12,17,19,21H,2,4,6,9-11,13-16,18H2,(H2,25,26,27). The van der Waals surface area contributed by atoms with E-state index in [4.69, 9.17) is 14.1 Å². The lowest BCUT2D eigenvalue weighted by Gasteiger charge is -2.34. The number of aliphatic imine (C=N–C) groups is 1. The maximum Gasteiger partial charge on any atom is 0.191 e. The first kappa shape index (κ1) is 20.7. The van der Waals surface area contributed by atoms with E-state index in [-0.39, 0.29) is 6.10 Å². The lowest BCUT2D eigenvalue weighted by molar-refractivity contribution is 0.0224. The third kappa shape index (κ3) is 6.23. The highest BCUT2D eigenvalue weighted by Crippen LogP contribution is 2.17. The predicted octanol–water partition coefficient (Wildman–Crippen LogP) is 2.99. The Morgan fingerprint density at radius 2 is 2.07 bits per heavy atom. The van der Waals surface area contributed by atoms with Crippen molar-refractivity contribution < 1.29 is 9.15 Å². The molecule has 2 saturated heterocycles. The van der Waals surface area contributed by atoms with Crippen molar-refractivity contribution in [2.45, 2.75) is 50.7 Å². The second-order valence-corrected chi connectivity index (χ2v) is 8.03. The van der Waals surface area contributed by atoms with Crippen LogP contribution in [0.2, 0.25) is 0 Å². The van der Waals surface area contributed by atoms with E-state index in [1.165, 1.54) is 12.8 Å². The van der Waals surface area contributed by atoms with E-state index in [1.54, 1.807) is 6.26 Å². The molecule has 7 heteroatoms. The fourth-order valence-electron chi connectivity index (χ4n) is 4.04. The predicted molar refractivity (Wildman–Crippen MR) is 119 cm³/mol. The van der Waals surface area contributed by atoms with Gasteiger partial charge < -0.3 is 24.7 Å². The molecule has 2 aromatic heterocycles. The number of guanidine groups is 1. The molecule has 30 heavy (non-hydrogen) atoms. The lowest BCUT2D eigenvalue weighted by atomic mass is 10.1. The summed E-state index contributed by atoms with van der Waals surface area (Å²) in [5.41, 5.74) is 0. The van der Waals surface area contributed by atoms with Gasteiger partial charge in [0, 0.05) is 44.9 Å². The number of hydrogen-bond donors (Lipinski definition) is 2. The van der Waals surface area contributed by atoms with Gasteiger partial charge in [-0.2, -0.15) is 0 Å². The van der Waals surface area contributed by atoms with Gasteiger partial charge in [0.05, 0.1) is 18.9 Å². The number of nitrogens with one attached hydrogen (secondary N) is 2. The average molecular weight is 412 g/mol. The van der Waals surface area contributed by atoms with Crippen LogP contribution in [-0.2, 0) is 11.2 Å². The van der Waals surface area contributed by atoms with Crippen molar-refractivity contribution >= 4 is 11.8 Å². The summed E-state index contributed by atoms with van der Waals surface area (Å²) < 4.78 is 11.3. The van der Waals surface area contributed by atoms with Gasteiger partial charge in [-0.05, 0) is 56.4 Å². The van der Waals surface area contributed by atoms with E-state index in [0.717, 1.165) is 69.5 Å². The van der Waals surface area contributed by atoms with Gasteiger partial charge in [0.1, 0.15) is 11.6 Å². The molecule has 2 aliphatic heterocycles. The van der Waals surface area contributed by atoms with Gasteiger partial charge in [-0.15, -0.1) is 0 Å². The molecule has 1 atom stereocenters. The molecule has 7 nitrogen and oxygen atoms in total. The van der Waals surface area contributed by atoms with Crippen LogP contribution in [0.5, 0.6) is 0 Å². The van der Waals surface area contributed by atoms with E-state index in [0.29, 0.717) is 12.6 Å². The van der Waals surface area contributed by atoms with Gasteiger partial charge >= 0.3 is 0 Å². The summed E-state index contributed by atoms with van der Waals surface area (Å²) in [5.74, 6) is 2.93. The third-order valence-electron chi connectivity index (χ3n) is 5.78. The number of rotatable bonds is 7. The number of pyridine rings is 1. The summed E-state index contributed by atoms with van der Waals surface area (Å²) in [6, 6.07) is 10.4. The number of piperidine rings is 1. The molecule has 0 saturated carbocycles. The van der Waals surface area contributed by atoms with Gasteiger partial charge in [-0.3, -0.25) is 4.99 Å². The van der Waals surface area contributed by atoms with Crippen molar-refractivity contribution in [1.29, 1.82) is 0 Å². The van der Waals surface area contributed by atoms with E-state index >= 15 is 0 Å². The number of anilines is 1. The molecule has 0 amide bonds. The molecule has 2 fully saturated rings. The normalized spacial score (nSPS) is 20.9. The molecule has 162 valence electrons. The molecule has 0 spiro atoms. The zero-order valence-electron chi connectivity index (χ0n) is 17.6. The highest BCUT2D eigenvalue weighted by molar-refractivity contribution is 5.80. The first-order valence-corrected chi connectivity index (χ1v) is 11.2. The molecule has 0 bridgehead atoms. The second kappa shape index (κ2) is 11.0. The van der Waals surface area contributed by atoms with Crippen molar-refractivity contribution in [3.05, 3.63) is 48.6 Å². The van der Waals surface area contributed by atoms with Crippen LogP contribution in [0.25, 0.3) is 0 Å². The van der Waals surface area contributed by atoms with Crippen LogP contribution in [0.4, 0.5) is 5.82 Å². The van der Waals surface area contributed by atoms with Gasteiger partial charge in [-0.1, -0.05) is 6.07 Å². The highest BCUT2D eigenvalue weighted by atomic mass is 16.5. The third-order valence-corrected chi connectivity index (χ3v) is 5.78. The molecule has 4 heterocycles. The molecule has 0 aromatic carbocycles. The zero-order valence-corrected chi connectivity index (χ0v) is 17.6. The fraction of sp³-hybridized carbons (Fsp3) is 0.565. The zero-order chi connectivity index (χ0) is 20.4. The maximum absolute atomic E-state index is 5.85. The first-order valence-electron chi connectivity index (χ1n) is 11.2. The van der Waals surface area contributed by atoms with Crippen molar-refractivity contribution in [3.8, 4) is 0 Å². The Morgan fingerprint density at radius 1 is 1.13 bits per heavy atom. The minimum absolute atomic E-state index is 0.244. The van der Waals surface area contributed by atoms with Crippen LogP contribution in [0.1, 0.15) is 37.9 Å². The SMILES string of the molecule is c1ccc(N2CCC(NC(=NCC3CCCCO3)NCCc3ccco3)CC2)nc1. The topological polar surface area (TPSA) is 74.9 Å². The van der Waals surface area contributed by atoms with E-state index in [9.17, 15) is 0 Å². The van der Waals surface area contributed by atoms with E-state index in [2.05, 4.69) is 26.6 Å². The molecule has 4 rings (SSSR count). The first-order chi connectivity index (χ1) is 14.9. The lowest BCUT2D eigenvalue weighted by Crippen LogP contribution is -2.49. The molecule has 2 aromatic rings. The van der Waals surface area contributed by atoms with Gasteiger partial charge in [0.25, 0.3) is 0 Å². The second-order valence-electron chi connectivity index (χ2n) is 8.03. The van der Waals surface area contributed by atoms with Crippen molar-refractivity contribution in [2.24, 2.45) is 4.99 Å². The quantitative estimate of drug-likeness (QED) is 0.539. The van der Waals surface area contributed by atoms with Crippen LogP contribution in [0, 0.1) is 0 Å². The number of hydrogen-bond acceptors (Lipinski definition) is 5. The Hall–Kier alpha value is -2.54. The van der Waals surface area contributed by atoms with Crippen LogP contribution < -0.4 is 15.5 Å². The Kier molecular flexibility index (Phi) is 7.61. The van der Waals surface area contributed by atoms with Crippen molar-refractivity contribution in [1.82, 2.24) is 15.6 Å². The van der Waals surface area contributed by atoms with Crippen molar-refractivity contribution in [2.75, 3.05) is 37.7 Å². The Bertz CT molecular complexity index is 751. The van der Waals surface area contributed by atoms with E-state index in [1.807, 2.05) is 30.5 Å². The van der Waals surface area contributed by atoms with Crippen LogP contribution in [0.15, 0.2) is 52.2 Å². The molecular weight excluding hydrogens is 378 g/mol. The van der Waals surface area contributed by atoms with Crippen LogP contribution in [-0.4, -0.2) is 55.9 Å². The maximum atomic E-state index is 5.85. The van der Waals surface area contributed by atoms with Gasteiger partial charge in [-0.25, -0.2) is 4.98 Å². The number of aromatic nitrogens is 1. The van der Waals surface area contributed by atoms with E-state index < -0.39 is 0 Å². The number of ether oxygens (including phenoxy) is 1. The Morgan fingerprint density at radius 3 is 2.80 bits per heavy atom. The van der Waals surface area contributed by atoms with Crippen LogP contribution >= 0.6 is 0 Å². The molecule has 2 N–H and O–H groups in total. The Labute approximate surface area is 178 Å². The Balaban J connectivity index is 1.29.